The van der Waals surface area contributed by atoms with Gasteiger partial charge in [0.15, 0.2) is 0 Å². The van der Waals surface area contributed by atoms with Gasteiger partial charge in [-0.2, -0.15) is 0 Å². The topological polar surface area (TPSA) is 9.23 Å². The van der Waals surface area contributed by atoms with Crippen molar-refractivity contribution in [3.8, 4) is 5.75 Å². The molecule has 0 N–H and O–H groups in total. The minimum atomic E-state index is 0.575. The molecule has 0 saturated carbocycles. The van der Waals surface area contributed by atoms with Crippen molar-refractivity contribution >= 4 is 15.9 Å². The minimum Gasteiger partial charge on any atom is -0.493 e. The molecular formula is C14H19BrO. The molecule has 1 aromatic rings. The summed E-state index contributed by atoms with van der Waals surface area (Å²) in [6.07, 6.45) is 2.38. The largest absolute Gasteiger partial charge is 0.493 e. The third-order valence-corrected chi connectivity index (χ3v) is 3.67. The van der Waals surface area contributed by atoms with Crippen molar-refractivity contribution in [2.45, 2.75) is 33.6 Å². The van der Waals surface area contributed by atoms with Gasteiger partial charge in [0, 0.05) is 4.47 Å². The Morgan fingerprint density at radius 3 is 2.81 bits per heavy atom. The van der Waals surface area contributed by atoms with Gasteiger partial charge in [0.05, 0.1) is 6.61 Å². The third-order valence-electron chi connectivity index (χ3n) is 2.97. The van der Waals surface area contributed by atoms with Gasteiger partial charge in [0.25, 0.3) is 0 Å². The van der Waals surface area contributed by atoms with Crippen LogP contribution in [-0.2, 0) is 12.8 Å². The van der Waals surface area contributed by atoms with E-state index in [4.69, 9.17) is 4.74 Å². The molecule has 0 aliphatic heterocycles. The Hall–Kier alpha value is -0.500. The predicted molar refractivity (Wildman–Crippen MR) is 71.0 cm³/mol. The second-order valence-corrected chi connectivity index (χ2v) is 6.12. The summed E-state index contributed by atoms with van der Waals surface area (Å²) in [5, 5.41) is 0. The third kappa shape index (κ3) is 2.60. The fourth-order valence-corrected chi connectivity index (χ4v) is 2.86. The van der Waals surface area contributed by atoms with Gasteiger partial charge in [0.2, 0.25) is 0 Å². The van der Waals surface area contributed by atoms with Crippen LogP contribution >= 0.6 is 15.9 Å². The predicted octanol–water partition coefficient (Wildman–Crippen LogP) is 4.22. The second kappa shape index (κ2) is 4.79. The van der Waals surface area contributed by atoms with Gasteiger partial charge >= 0.3 is 0 Å². The summed E-state index contributed by atoms with van der Waals surface area (Å²) < 4.78 is 6.99. The quantitative estimate of drug-likeness (QED) is 0.807. The van der Waals surface area contributed by atoms with Crippen LogP contribution in [0.25, 0.3) is 0 Å². The summed E-state index contributed by atoms with van der Waals surface area (Å²) >= 11 is 3.65. The molecule has 0 aromatic heterocycles. The van der Waals surface area contributed by atoms with Crippen LogP contribution < -0.4 is 4.74 Å². The Morgan fingerprint density at radius 2 is 2.12 bits per heavy atom. The van der Waals surface area contributed by atoms with E-state index in [1.54, 1.807) is 0 Å². The van der Waals surface area contributed by atoms with Gasteiger partial charge in [-0.25, -0.2) is 0 Å². The highest BCUT2D eigenvalue weighted by atomic mass is 79.9. The Bertz CT molecular complexity index is 385. The molecule has 0 radical (unpaired) electrons. The summed E-state index contributed by atoms with van der Waals surface area (Å²) in [5.41, 5.74) is 2.94. The molecule has 2 heteroatoms. The SMILES string of the molecule is CC(C)COc1cc(Br)c2c(c1)CC(C)C2. The molecule has 0 fully saturated rings. The average Bonchev–Trinajstić information content (AvgIpc) is 2.56. The Morgan fingerprint density at radius 1 is 1.38 bits per heavy atom. The highest BCUT2D eigenvalue weighted by Crippen LogP contribution is 2.35. The lowest BCUT2D eigenvalue weighted by molar-refractivity contribution is 0.270. The maximum absolute atomic E-state index is 5.78. The van der Waals surface area contributed by atoms with Crippen LogP contribution in [-0.4, -0.2) is 6.61 Å². The fourth-order valence-electron chi connectivity index (χ4n) is 2.22. The van der Waals surface area contributed by atoms with Crippen LogP contribution in [0.1, 0.15) is 31.9 Å². The van der Waals surface area contributed by atoms with Gasteiger partial charge in [-0.05, 0) is 47.9 Å². The lowest BCUT2D eigenvalue weighted by Crippen LogP contribution is -2.04. The van der Waals surface area contributed by atoms with Gasteiger partial charge in [0.1, 0.15) is 5.75 Å². The van der Waals surface area contributed by atoms with E-state index >= 15 is 0 Å². The van der Waals surface area contributed by atoms with Crippen LogP contribution in [0.3, 0.4) is 0 Å². The van der Waals surface area contributed by atoms with Crippen molar-refractivity contribution in [3.05, 3.63) is 27.7 Å². The molecule has 2 rings (SSSR count). The van der Waals surface area contributed by atoms with Crippen LogP contribution in [0.15, 0.2) is 16.6 Å². The van der Waals surface area contributed by atoms with E-state index < -0.39 is 0 Å². The number of fused-ring (bicyclic) bond motifs is 1. The normalized spacial score (nSPS) is 18.9. The van der Waals surface area contributed by atoms with E-state index in [-0.39, 0.29) is 0 Å². The first-order valence-electron chi connectivity index (χ1n) is 6.00. The van der Waals surface area contributed by atoms with Gasteiger partial charge in [-0.3, -0.25) is 0 Å². The van der Waals surface area contributed by atoms with E-state index in [1.807, 2.05) is 0 Å². The maximum atomic E-state index is 5.78. The molecule has 1 aliphatic rings. The van der Waals surface area contributed by atoms with Crippen molar-refractivity contribution in [2.75, 3.05) is 6.61 Å². The number of ether oxygens (including phenoxy) is 1. The number of hydrogen-bond acceptors (Lipinski definition) is 1. The Kier molecular flexibility index (Phi) is 3.58. The molecule has 0 heterocycles. The number of benzene rings is 1. The molecule has 1 aromatic carbocycles. The van der Waals surface area contributed by atoms with E-state index in [9.17, 15) is 0 Å². The fraction of sp³-hybridized carbons (Fsp3) is 0.571. The van der Waals surface area contributed by atoms with E-state index in [2.05, 4.69) is 48.8 Å². The first-order valence-corrected chi connectivity index (χ1v) is 6.79. The van der Waals surface area contributed by atoms with Gasteiger partial charge in [-0.1, -0.05) is 36.7 Å². The summed E-state index contributed by atoms with van der Waals surface area (Å²) in [6, 6.07) is 4.32. The lowest BCUT2D eigenvalue weighted by atomic mass is 10.1. The highest BCUT2D eigenvalue weighted by molar-refractivity contribution is 9.10. The zero-order chi connectivity index (χ0) is 11.7. The first-order chi connectivity index (χ1) is 7.56. The van der Waals surface area contributed by atoms with Crippen LogP contribution in [0.5, 0.6) is 5.75 Å². The molecule has 1 atom stereocenters. The minimum absolute atomic E-state index is 0.575. The Balaban J connectivity index is 2.18. The van der Waals surface area contributed by atoms with Crippen molar-refractivity contribution in [1.29, 1.82) is 0 Å². The molecule has 0 saturated heterocycles. The second-order valence-electron chi connectivity index (χ2n) is 5.26. The number of hydrogen-bond donors (Lipinski definition) is 0. The molecule has 0 bridgehead atoms. The molecular weight excluding hydrogens is 264 g/mol. The number of halogens is 1. The molecule has 0 amide bonds. The molecule has 88 valence electrons. The first kappa shape index (κ1) is 12.0. The van der Waals surface area contributed by atoms with Crippen LogP contribution in [0.4, 0.5) is 0 Å². The van der Waals surface area contributed by atoms with Gasteiger partial charge in [-0.15, -0.1) is 0 Å². The van der Waals surface area contributed by atoms with E-state index in [1.165, 1.54) is 28.4 Å². The maximum Gasteiger partial charge on any atom is 0.120 e. The van der Waals surface area contributed by atoms with Crippen LogP contribution in [0.2, 0.25) is 0 Å². The molecule has 16 heavy (non-hydrogen) atoms. The van der Waals surface area contributed by atoms with Crippen molar-refractivity contribution in [3.63, 3.8) is 0 Å². The monoisotopic (exact) mass is 282 g/mol. The molecule has 1 aliphatic carbocycles. The summed E-state index contributed by atoms with van der Waals surface area (Å²) in [4.78, 5) is 0. The van der Waals surface area contributed by atoms with E-state index in [0.29, 0.717) is 5.92 Å². The lowest BCUT2D eigenvalue weighted by Gasteiger charge is -2.11. The summed E-state index contributed by atoms with van der Waals surface area (Å²) in [6.45, 7) is 7.44. The smallest absolute Gasteiger partial charge is 0.120 e. The molecule has 1 unspecified atom stereocenters. The van der Waals surface area contributed by atoms with Gasteiger partial charge < -0.3 is 4.74 Å². The highest BCUT2D eigenvalue weighted by Gasteiger charge is 2.21. The summed E-state index contributed by atoms with van der Waals surface area (Å²) in [5.74, 6) is 2.35. The van der Waals surface area contributed by atoms with Crippen LogP contribution in [0, 0.1) is 11.8 Å². The Labute approximate surface area is 106 Å². The van der Waals surface area contributed by atoms with E-state index in [0.717, 1.165) is 18.3 Å². The summed E-state index contributed by atoms with van der Waals surface area (Å²) in [7, 11) is 0. The van der Waals surface area contributed by atoms with Crippen molar-refractivity contribution in [1.82, 2.24) is 0 Å². The zero-order valence-electron chi connectivity index (χ0n) is 10.2. The zero-order valence-corrected chi connectivity index (χ0v) is 11.8. The number of rotatable bonds is 3. The average molecular weight is 283 g/mol. The van der Waals surface area contributed by atoms with Crippen molar-refractivity contribution in [2.24, 2.45) is 11.8 Å². The molecule has 1 nitrogen and oxygen atoms in total. The van der Waals surface area contributed by atoms with Crippen molar-refractivity contribution < 1.29 is 4.74 Å². The standard InChI is InChI=1S/C14H19BrO/c1-9(2)8-16-12-6-11-4-10(3)5-13(11)14(15)7-12/h6-7,9-10H,4-5,8H2,1-3H3. The molecule has 0 spiro atoms.